The Kier molecular flexibility index (Phi) is 5.48. The quantitative estimate of drug-likeness (QED) is 0.755. The number of hydrogen-bond donors (Lipinski definition) is 0. The second-order valence-corrected chi connectivity index (χ2v) is 8.60. The normalized spacial score (nSPS) is 17.6. The highest BCUT2D eigenvalue weighted by atomic mass is 32.2. The van der Waals surface area contributed by atoms with Crippen LogP contribution in [0.3, 0.4) is 0 Å². The topological polar surface area (TPSA) is 63.7 Å². The molecule has 142 valence electrons. The van der Waals surface area contributed by atoms with Gasteiger partial charge >= 0.3 is 5.97 Å². The fourth-order valence-electron chi connectivity index (χ4n) is 3.21. The molecule has 0 spiro atoms. The summed E-state index contributed by atoms with van der Waals surface area (Å²) in [4.78, 5) is 12.7. The van der Waals surface area contributed by atoms with E-state index in [0.29, 0.717) is 12.0 Å². The zero-order chi connectivity index (χ0) is 19.6. The van der Waals surface area contributed by atoms with Crippen molar-refractivity contribution >= 4 is 21.6 Å². The van der Waals surface area contributed by atoms with Gasteiger partial charge in [-0.1, -0.05) is 54.6 Å². The Morgan fingerprint density at radius 3 is 2.70 bits per heavy atom. The Morgan fingerprint density at radius 2 is 1.96 bits per heavy atom. The molecule has 3 rings (SSSR count). The molecule has 6 heteroatoms. The number of carbonyl (C=O) groups excluding carboxylic acids is 1. The lowest BCUT2D eigenvalue weighted by Crippen LogP contribution is -2.43. The molecule has 1 atom stereocenters. The summed E-state index contributed by atoms with van der Waals surface area (Å²) >= 11 is 0. The Bertz CT molecular complexity index is 981. The predicted octanol–water partition coefficient (Wildman–Crippen LogP) is 3.53. The van der Waals surface area contributed by atoms with Crippen LogP contribution in [-0.4, -0.2) is 31.3 Å². The van der Waals surface area contributed by atoms with Crippen LogP contribution >= 0.6 is 0 Å². The summed E-state index contributed by atoms with van der Waals surface area (Å²) in [5, 5.41) is 0. The zero-order valence-electron chi connectivity index (χ0n) is 15.5. The van der Waals surface area contributed by atoms with E-state index in [1.807, 2.05) is 31.2 Å². The molecule has 1 heterocycles. The molecule has 1 aliphatic heterocycles. The monoisotopic (exact) mass is 385 g/mol. The third kappa shape index (κ3) is 3.96. The number of sulfonamides is 1. The van der Waals surface area contributed by atoms with Crippen molar-refractivity contribution in [1.29, 1.82) is 0 Å². The lowest BCUT2D eigenvalue weighted by molar-refractivity contribution is -0.149. The average Bonchev–Trinajstić information content (AvgIpc) is 2.74. The number of benzene rings is 2. The maximum atomic E-state index is 13.1. The van der Waals surface area contributed by atoms with E-state index >= 15 is 0 Å². The molecule has 0 unspecified atom stereocenters. The molecule has 2 aromatic carbocycles. The van der Waals surface area contributed by atoms with Crippen molar-refractivity contribution < 1.29 is 17.9 Å². The van der Waals surface area contributed by atoms with Crippen molar-refractivity contribution in [3.8, 4) is 0 Å². The highest BCUT2D eigenvalue weighted by Crippen LogP contribution is 2.32. The highest BCUT2D eigenvalue weighted by molar-refractivity contribution is 7.89. The predicted molar refractivity (Wildman–Crippen MR) is 104 cm³/mol. The summed E-state index contributed by atoms with van der Waals surface area (Å²) < 4.78 is 32.8. The minimum atomic E-state index is -3.81. The van der Waals surface area contributed by atoms with Crippen molar-refractivity contribution in [3.05, 3.63) is 71.8 Å². The number of ether oxygens (including phenoxy) is 1. The molecule has 0 aliphatic carbocycles. The van der Waals surface area contributed by atoms with E-state index in [1.54, 1.807) is 31.2 Å². The standard InChI is InChI=1S/C21H23NO4S/c1-15-7-6-8-18(13-15)14-26-21(23)17(3)22-12-11-16(2)19-9-4-5-10-20(19)27(22,24)25/h4-10,13,17H,2,11-12,14H2,1,3H3/t17-/m1/s1. The van der Waals surface area contributed by atoms with Gasteiger partial charge in [0.15, 0.2) is 0 Å². The molecule has 0 N–H and O–H groups in total. The first-order valence-corrected chi connectivity index (χ1v) is 10.3. The molecule has 0 bridgehead atoms. The van der Waals surface area contributed by atoms with Gasteiger partial charge in [-0.25, -0.2) is 8.42 Å². The van der Waals surface area contributed by atoms with Crippen molar-refractivity contribution in [2.75, 3.05) is 6.54 Å². The molecule has 2 aromatic rings. The van der Waals surface area contributed by atoms with Crippen LogP contribution in [0.2, 0.25) is 0 Å². The van der Waals surface area contributed by atoms with Gasteiger partial charge in [-0.2, -0.15) is 4.31 Å². The first kappa shape index (κ1) is 19.3. The van der Waals surface area contributed by atoms with E-state index in [9.17, 15) is 13.2 Å². The van der Waals surface area contributed by atoms with Crippen LogP contribution in [0.5, 0.6) is 0 Å². The van der Waals surface area contributed by atoms with Gasteiger partial charge in [0, 0.05) is 6.54 Å². The molecule has 0 saturated heterocycles. The van der Waals surface area contributed by atoms with Gasteiger partial charge < -0.3 is 4.74 Å². The second-order valence-electron chi connectivity index (χ2n) is 6.74. The van der Waals surface area contributed by atoms with Gasteiger partial charge in [0.1, 0.15) is 12.6 Å². The van der Waals surface area contributed by atoms with E-state index in [2.05, 4.69) is 6.58 Å². The van der Waals surface area contributed by atoms with Crippen LogP contribution in [-0.2, 0) is 26.2 Å². The van der Waals surface area contributed by atoms with Crippen molar-refractivity contribution in [2.45, 2.75) is 37.8 Å². The first-order valence-electron chi connectivity index (χ1n) is 8.82. The molecule has 1 aliphatic rings. The number of carbonyl (C=O) groups is 1. The summed E-state index contributed by atoms with van der Waals surface area (Å²) in [5.41, 5.74) is 3.30. The minimum Gasteiger partial charge on any atom is -0.460 e. The molecule has 0 aromatic heterocycles. The number of nitrogens with zero attached hydrogens (tertiary/aromatic N) is 1. The third-order valence-corrected chi connectivity index (χ3v) is 6.75. The Balaban J connectivity index is 1.80. The lowest BCUT2D eigenvalue weighted by Gasteiger charge is -2.25. The van der Waals surface area contributed by atoms with E-state index in [0.717, 1.165) is 16.7 Å². The molecule has 0 saturated carbocycles. The van der Waals surface area contributed by atoms with Crippen molar-refractivity contribution in [3.63, 3.8) is 0 Å². The number of hydrogen-bond acceptors (Lipinski definition) is 4. The molecule has 5 nitrogen and oxygen atoms in total. The third-order valence-electron chi connectivity index (χ3n) is 4.73. The number of esters is 1. The lowest BCUT2D eigenvalue weighted by atomic mass is 10.0. The van der Waals surface area contributed by atoms with Crippen molar-refractivity contribution in [2.24, 2.45) is 0 Å². The largest absolute Gasteiger partial charge is 0.460 e. The van der Waals surface area contributed by atoms with Gasteiger partial charge in [0.05, 0.1) is 4.90 Å². The van der Waals surface area contributed by atoms with Crippen LogP contribution in [0.25, 0.3) is 5.57 Å². The summed E-state index contributed by atoms with van der Waals surface area (Å²) in [7, 11) is -3.81. The maximum absolute atomic E-state index is 13.1. The van der Waals surface area contributed by atoms with Crippen LogP contribution in [0, 0.1) is 6.92 Å². The van der Waals surface area contributed by atoms with Gasteiger partial charge in [0.2, 0.25) is 10.0 Å². The smallest absolute Gasteiger partial charge is 0.324 e. The molecule has 0 radical (unpaired) electrons. The number of rotatable bonds is 4. The van der Waals surface area contributed by atoms with Gasteiger partial charge in [0.25, 0.3) is 0 Å². The molecule has 27 heavy (non-hydrogen) atoms. The molecular weight excluding hydrogens is 362 g/mol. The van der Waals surface area contributed by atoms with Crippen LogP contribution in [0.1, 0.15) is 30.0 Å². The summed E-state index contributed by atoms with van der Waals surface area (Å²) in [6.07, 6.45) is 0.464. The van der Waals surface area contributed by atoms with E-state index in [-0.39, 0.29) is 18.0 Å². The van der Waals surface area contributed by atoms with Crippen molar-refractivity contribution in [1.82, 2.24) is 4.31 Å². The highest BCUT2D eigenvalue weighted by Gasteiger charge is 2.37. The summed E-state index contributed by atoms with van der Waals surface area (Å²) in [6.45, 7) is 7.82. The van der Waals surface area contributed by atoms with Crippen LogP contribution in [0.15, 0.2) is 60.0 Å². The Hall–Kier alpha value is -2.44. The zero-order valence-corrected chi connectivity index (χ0v) is 16.3. The molecular formula is C21H23NO4S. The summed E-state index contributed by atoms with van der Waals surface area (Å²) in [6, 6.07) is 13.5. The van der Waals surface area contributed by atoms with Gasteiger partial charge in [-0.3, -0.25) is 4.79 Å². The van der Waals surface area contributed by atoms with E-state index in [1.165, 1.54) is 4.31 Å². The fraction of sp³-hybridized carbons (Fsp3) is 0.286. The SMILES string of the molecule is C=C1CCN([C@H](C)C(=O)OCc2cccc(C)c2)S(=O)(=O)c2ccccc21. The minimum absolute atomic E-state index is 0.113. The number of aryl methyl sites for hydroxylation is 1. The summed E-state index contributed by atoms with van der Waals surface area (Å²) in [5.74, 6) is -0.565. The van der Waals surface area contributed by atoms with Gasteiger partial charge in [-0.05, 0) is 43.0 Å². The Morgan fingerprint density at radius 1 is 1.22 bits per heavy atom. The van der Waals surface area contributed by atoms with E-state index < -0.39 is 22.0 Å². The molecule has 0 amide bonds. The van der Waals surface area contributed by atoms with Gasteiger partial charge in [-0.15, -0.1) is 0 Å². The first-order chi connectivity index (χ1) is 12.8. The Labute approximate surface area is 160 Å². The molecule has 0 fully saturated rings. The van der Waals surface area contributed by atoms with E-state index in [4.69, 9.17) is 4.74 Å². The van der Waals surface area contributed by atoms with Crippen LogP contribution < -0.4 is 0 Å². The fourth-order valence-corrected chi connectivity index (χ4v) is 5.03. The average molecular weight is 385 g/mol. The second kappa shape index (κ2) is 7.66. The maximum Gasteiger partial charge on any atom is 0.324 e. The number of fused-ring (bicyclic) bond motifs is 1. The van der Waals surface area contributed by atoms with Crippen LogP contribution in [0.4, 0.5) is 0 Å².